The van der Waals surface area contributed by atoms with Crippen molar-refractivity contribution in [2.75, 3.05) is 5.73 Å². The third-order valence-corrected chi connectivity index (χ3v) is 2.70. The molecule has 4 nitrogen and oxygen atoms in total. The summed E-state index contributed by atoms with van der Waals surface area (Å²) in [5.41, 5.74) is 11.2. The summed E-state index contributed by atoms with van der Waals surface area (Å²) in [6.45, 7) is 1.74. The largest absolute Gasteiger partial charge is 0.398 e. The minimum atomic E-state index is -0.206. The van der Waals surface area contributed by atoms with Crippen LogP contribution in [0.25, 0.3) is 0 Å². The maximum Gasteiger partial charge on any atom is 0.240 e. The maximum absolute atomic E-state index is 10.7. The predicted molar refractivity (Wildman–Crippen MR) is 61.4 cm³/mol. The number of hydrogen-bond acceptors (Lipinski definition) is 3. The van der Waals surface area contributed by atoms with E-state index >= 15 is 0 Å². The number of anilines is 1. The Morgan fingerprint density at radius 3 is 2.94 bits per heavy atom. The zero-order valence-corrected chi connectivity index (χ0v) is 9.32. The van der Waals surface area contributed by atoms with Gasteiger partial charge >= 0.3 is 0 Å². The van der Waals surface area contributed by atoms with Gasteiger partial charge < -0.3 is 5.73 Å². The van der Waals surface area contributed by atoms with Crippen molar-refractivity contribution in [3.05, 3.63) is 29.3 Å². The summed E-state index contributed by atoms with van der Waals surface area (Å²) in [6.07, 6.45) is 2.44. The number of carbonyl (C=O) groups is 1. The van der Waals surface area contributed by atoms with Crippen LogP contribution in [0.2, 0.25) is 0 Å². The molecule has 0 unspecified atom stereocenters. The fourth-order valence-electron chi connectivity index (χ4n) is 1.78. The summed E-state index contributed by atoms with van der Waals surface area (Å²) in [7, 11) is 0. The Morgan fingerprint density at radius 1 is 1.56 bits per heavy atom. The molecular formula is C12H16N2O2. The SMILES string of the molecule is CC(=O)NOCc1c(N)cccc1C1CC1. The lowest BCUT2D eigenvalue weighted by Crippen LogP contribution is -2.20. The van der Waals surface area contributed by atoms with Crippen LogP contribution in [0.4, 0.5) is 5.69 Å². The molecule has 1 aliphatic rings. The maximum atomic E-state index is 10.7. The lowest BCUT2D eigenvalue weighted by molar-refractivity contribution is -0.132. The van der Waals surface area contributed by atoms with Crippen LogP contribution in [0, 0.1) is 0 Å². The van der Waals surface area contributed by atoms with E-state index in [1.165, 1.54) is 25.3 Å². The van der Waals surface area contributed by atoms with Gasteiger partial charge in [0.15, 0.2) is 0 Å². The first-order valence-corrected chi connectivity index (χ1v) is 5.44. The van der Waals surface area contributed by atoms with E-state index in [0.29, 0.717) is 12.5 Å². The van der Waals surface area contributed by atoms with Gasteiger partial charge in [-0.25, -0.2) is 5.48 Å². The number of carbonyl (C=O) groups excluding carboxylic acids is 1. The number of nitrogens with one attached hydrogen (secondary N) is 1. The van der Waals surface area contributed by atoms with Crippen LogP contribution in [0.15, 0.2) is 18.2 Å². The number of nitrogens with two attached hydrogens (primary N) is 1. The van der Waals surface area contributed by atoms with E-state index in [0.717, 1.165) is 11.3 Å². The normalized spacial score (nSPS) is 14.8. The summed E-state index contributed by atoms with van der Waals surface area (Å²) < 4.78 is 0. The van der Waals surface area contributed by atoms with Gasteiger partial charge in [0, 0.05) is 18.2 Å². The predicted octanol–water partition coefficient (Wildman–Crippen LogP) is 1.71. The first-order valence-electron chi connectivity index (χ1n) is 5.44. The molecule has 1 aliphatic carbocycles. The van der Waals surface area contributed by atoms with Gasteiger partial charge in [-0.1, -0.05) is 12.1 Å². The Kier molecular flexibility index (Phi) is 3.10. The molecule has 0 bridgehead atoms. The summed E-state index contributed by atoms with van der Waals surface area (Å²) in [5, 5.41) is 0. The minimum Gasteiger partial charge on any atom is -0.398 e. The molecule has 1 amide bonds. The summed E-state index contributed by atoms with van der Waals surface area (Å²) in [6, 6.07) is 5.91. The van der Waals surface area contributed by atoms with Gasteiger partial charge in [0.2, 0.25) is 5.91 Å². The molecule has 0 aliphatic heterocycles. The molecule has 1 aromatic carbocycles. The standard InChI is InChI=1S/C12H16N2O2/c1-8(15)14-16-7-11-10(9-5-6-9)3-2-4-12(11)13/h2-4,9H,5-7,13H2,1H3,(H,14,15). The fourth-order valence-corrected chi connectivity index (χ4v) is 1.78. The molecule has 0 radical (unpaired) electrons. The molecule has 3 N–H and O–H groups in total. The quantitative estimate of drug-likeness (QED) is 0.599. The smallest absolute Gasteiger partial charge is 0.240 e. The number of nitrogen functional groups attached to an aromatic ring is 1. The molecule has 4 heteroatoms. The van der Waals surface area contributed by atoms with Crippen molar-refractivity contribution in [1.82, 2.24) is 5.48 Å². The highest BCUT2D eigenvalue weighted by molar-refractivity contribution is 5.71. The molecule has 2 rings (SSSR count). The topological polar surface area (TPSA) is 64.3 Å². The molecule has 0 atom stereocenters. The zero-order chi connectivity index (χ0) is 11.5. The Hall–Kier alpha value is -1.55. The van der Waals surface area contributed by atoms with E-state index in [1.54, 1.807) is 0 Å². The summed E-state index contributed by atoms with van der Waals surface area (Å²) >= 11 is 0. The average molecular weight is 220 g/mol. The van der Waals surface area contributed by atoms with E-state index in [-0.39, 0.29) is 5.91 Å². The van der Waals surface area contributed by atoms with E-state index < -0.39 is 0 Å². The number of rotatable bonds is 4. The summed E-state index contributed by atoms with van der Waals surface area (Å²) in [5.74, 6) is 0.418. The Morgan fingerprint density at radius 2 is 2.31 bits per heavy atom. The van der Waals surface area contributed by atoms with E-state index in [1.807, 2.05) is 12.1 Å². The van der Waals surface area contributed by atoms with Crippen molar-refractivity contribution in [3.63, 3.8) is 0 Å². The van der Waals surface area contributed by atoms with E-state index in [2.05, 4.69) is 11.5 Å². The van der Waals surface area contributed by atoms with Gasteiger partial charge in [-0.2, -0.15) is 0 Å². The first kappa shape index (κ1) is 11.0. The highest BCUT2D eigenvalue weighted by Gasteiger charge is 2.26. The van der Waals surface area contributed by atoms with Crippen molar-refractivity contribution in [2.45, 2.75) is 32.3 Å². The Bertz CT molecular complexity index is 400. The number of amides is 1. The molecule has 0 spiro atoms. The minimum absolute atomic E-state index is 0.206. The van der Waals surface area contributed by atoms with Crippen molar-refractivity contribution in [2.24, 2.45) is 0 Å². The molecule has 1 saturated carbocycles. The van der Waals surface area contributed by atoms with Gasteiger partial charge in [-0.05, 0) is 30.4 Å². The van der Waals surface area contributed by atoms with E-state index in [9.17, 15) is 4.79 Å². The van der Waals surface area contributed by atoms with Crippen molar-refractivity contribution in [1.29, 1.82) is 0 Å². The van der Waals surface area contributed by atoms with Crippen LogP contribution < -0.4 is 11.2 Å². The van der Waals surface area contributed by atoms with Gasteiger partial charge in [-0.15, -0.1) is 0 Å². The fraction of sp³-hybridized carbons (Fsp3) is 0.417. The molecule has 0 aromatic heterocycles. The van der Waals surface area contributed by atoms with Crippen LogP contribution in [-0.4, -0.2) is 5.91 Å². The summed E-state index contributed by atoms with van der Waals surface area (Å²) in [4.78, 5) is 15.8. The Balaban J connectivity index is 2.08. The lowest BCUT2D eigenvalue weighted by Gasteiger charge is -2.11. The van der Waals surface area contributed by atoms with Crippen molar-refractivity contribution < 1.29 is 9.63 Å². The molecular weight excluding hydrogens is 204 g/mol. The monoisotopic (exact) mass is 220 g/mol. The second kappa shape index (κ2) is 4.53. The number of hydrogen-bond donors (Lipinski definition) is 2. The van der Waals surface area contributed by atoms with Crippen LogP contribution in [0.3, 0.4) is 0 Å². The number of benzene rings is 1. The highest BCUT2D eigenvalue weighted by Crippen LogP contribution is 2.42. The van der Waals surface area contributed by atoms with Crippen molar-refractivity contribution >= 4 is 11.6 Å². The second-order valence-corrected chi connectivity index (χ2v) is 4.14. The molecule has 16 heavy (non-hydrogen) atoms. The highest BCUT2D eigenvalue weighted by atomic mass is 16.6. The van der Waals surface area contributed by atoms with Crippen molar-refractivity contribution in [3.8, 4) is 0 Å². The van der Waals surface area contributed by atoms with Gasteiger partial charge in [-0.3, -0.25) is 9.63 Å². The van der Waals surface area contributed by atoms with Crippen LogP contribution >= 0.6 is 0 Å². The Labute approximate surface area is 94.7 Å². The molecule has 1 aromatic rings. The third-order valence-electron chi connectivity index (χ3n) is 2.70. The lowest BCUT2D eigenvalue weighted by atomic mass is 10.0. The molecule has 0 saturated heterocycles. The molecule has 86 valence electrons. The van der Waals surface area contributed by atoms with Crippen LogP contribution in [-0.2, 0) is 16.2 Å². The van der Waals surface area contributed by atoms with Crippen LogP contribution in [0.5, 0.6) is 0 Å². The van der Waals surface area contributed by atoms with E-state index in [4.69, 9.17) is 10.6 Å². The molecule has 0 heterocycles. The number of hydroxylamine groups is 1. The third kappa shape index (κ3) is 2.52. The first-order chi connectivity index (χ1) is 7.68. The van der Waals surface area contributed by atoms with Gasteiger partial charge in [0.1, 0.15) is 6.61 Å². The second-order valence-electron chi connectivity index (χ2n) is 4.14. The average Bonchev–Trinajstić information content (AvgIpc) is 3.03. The zero-order valence-electron chi connectivity index (χ0n) is 9.32. The van der Waals surface area contributed by atoms with Gasteiger partial charge in [0.05, 0.1) is 0 Å². The molecule has 1 fully saturated rings. The van der Waals surface area contributed by atoms with Crippen LogP contribution in [0.1, 0.15) is 36.8 Å². The van der Waals surface area contributed by atoms with Gasteiger partial charge in [0.25, 0.3) is 0 Å².